The molecule has 29 heavy (non-hydrogen) atoms. The number of nitrogens with two attached hydrogens (primary N) is 2. The molecule has 1 amide bonds. The predicted molar refractivity (Wildman–Crippen MR) is 111 cm³/mol. The molecule has 0 saturated carbocycles. The second-order valence-electron chi connectivity index (χ2n) is 7.31. The third kappa shape index (κ3) is 4.54. The molecule has 0 aliphatic heterocycles. The number of amides is 1. The maximum absolute atomic E-state index is 13.8. The lowest BCUT2D eigenvalue weighted by Gasteiger charge is -2.23. The molecule has 152 valence electrons. The first-order valence-corrected chi connectivity index (χ1v) is 9.70. The van der Waals surface area contributed by atoms with Gasteiger partial charge in [0.1, 0.15) is 17.2 Å². The molecule has 1 heterocycles. The van der Waals surface area contributed by atoms with Gasteiger partial charge in [0.15, 0.2) is 5.43 Å². The van der Waals surface area contributed by atoms with Crippen molar-refractivity contribution in [1.82, 2.24) is 0 Å². The number of rotatable bonds is 8. The molecule has 2 atom stereocenters. The van der Waals surface area contributed by atoms with E-state index in [-0.39, 0.29) is 11.0 Å². The van der Waals surface area contributed by atoms with Gasteiger partial charge in [0, 0.05) is 29.9 Å². The number of carbonyl (C=O) groups is 1. The average molecular weight is 396 g/mol. The van der Waals surface area contributed by atoms with E-state index in [0.29, 0.717) is 42.5 Å². The first kappa shape index (κ1) is 20.7. The topological polar surface area (TPSA) is 99.3 Å². The van der Waals surface area contributed by atoms with Gasteiger partial charge in [-0.3, -0.25) is 9.59 Å². The van der Waals surface area contributed by atoms with Gasteiger partial charge in [-0.15, -0.1) is 0 Å². The van der Waals surface area contributed by atoms with E-state index in [0.717, 1.165) is 5.56 Å². The lowest BCUT2D eigenvalue weighted by atomic mass is 9.83. The molecule has 0 bridgehead atoms. The fourth-order valence-corrected chi connectivity index (χ4v) is 3.63. The zero-order valence-electron chi connectivity index (χ0n) is 16.4. The van der Waals surface area contributed by atoms with E-state index < -0.39 is 23.6 Å². The number of hydrogen-bond donors (Lipinski definition) is 2. The largest absolute Gasteiger partial charge is 0.460 e. The molecule has 0 aliphatic rings. The van der Waals surface area contributed by atoms with Gasteiger partial charge in [0.2, 0.25) is 5.91 Å². The molecule has 3 rings (SSSR count). The maximum atomic E-state index is 13.8. The first-order valence-electron chi connectivity index (χ1n) is 9.70. The number of halogens is 1. The summed E-state index contributed by atoms with van der Waals surface area (Å²) >= 11 is 0. The third-order valence-corrected chi connectivity index (χ3v) is 5.31. The standard InChI is InChI=1S/C23H25FN2O3/c1-14(23(26)28)17(8-5-11-25)22-19(12-15-6-3-2-4-7-15)21(27)18-10-9-16(24)13-20(18)29-22/h2-4,6-7,9-10,13-14,17H,5,8,11-12,25H2,1H3,(H2,26,28). The van der Waals surface area contributed by atoms with E-state index in [1.165, 1.54) is 18.2 Å². The van der Waals surface area contributed by atoms with Crippen LogP contribution in [0.25, 0.3) is 11.0 Å². The number of carbonyl (C=O) groups excluding carboxylic acids is 1. The summed E-state index contributed by atoms with van der Waals surface area (Å²) in [5, 5.41) is 0.311. The minimum atomic E-state index is -0.565. The quantitative estimate of drug-likeness (QED) is 0.609. The Morgan fingerprint density at radius 3 is 2.55 bits per heavy atom. The molecular weight excluding hydrogens is 371 g/mol. The summed E-state index contributed by atoms with van der Waals surface area (Å²) in [6.07, 6.45) is 1.51. The molecule has 2 unspecified atom stereocenters. The Labute approximate surface area is 168 Å². The van der Waals surface area contributed by atoms with Gasteiger partial charge >= 0.3 is 0 Å². The van der Waals surface area contributed by atoms with Crippen LogP contribution in [0.2, 0.25) is 0 Å². The van der Waals surface area contributed by atoms with Crippen molar-refractivity contribution in [2.45, 2.75) is 32.1 Å². The smallest absolute Gasteiger partial charge is 0.220 e. The Kier molecular flexibility index (Phi) is 6.44. The number of hydrogen-bond acceptors (Lipinski definition) is 4. The van der Waals surface area contributed by atoms with Crippen molar-refractivity contribution in [2.24, 2.45) is 17.4 Å². The van der Waals surface area contributed by atoms with Crippen molar-refractivity contribution in [1.29, 1.82) is 0 Å². The van der Waals surface area contributed by atoms with E-state index in [4.69, 9.17) is 15.9 Å². The normalized spacial score (nSPS) is 13.3. The molecule has 3 aromatic rings. The van der Waals surface area contributed by atoms with Crippen LogP contribution in [0.15, 0.2) is 57.7 Å². The molecule has 0 fully saturated rings. The lowest BCUT2D eigenvalue weighted by molar-refractivity contribution is -0.122. The summed E-state index contributed by atoms with van der Waals surface area (Å²) in [5.74, 6) is -1.58. The van der Waals surface area contributed by atoms with Crippen molar-refractivity contribution in [3.63, 3.8) is 0 Å². The summed E-state index contributed by atoms with van der Waals surface area (Å²) in [4.78, 5) is 25.3. The van der Waals surface area contributed by atoms with E-state index >= 15 is 0 Å². The highest BCUT2D eigenvalue weighted by Gasteiger charge is 2.30. The van der Waals surface area contributed by atoms with Gasteiger partial charge in [0.25, 0.3) is 0 Å². The molecule has 0 spiro atoms. The predicted octanol–water partition coefficient (Wildman–Crippen LogP) is 3.47. The molecule has 1 aromatic heterocycles. The van der Waals surface area contributed by atoms with Crippen LogP contribution in [0.4, 0.5) is 4.39 Å². The SMILES string of the molecule is CC(C(N)=O)C(CCCN)c1oc2cc(F)ccc2c(=O)c1Cc1ccccc1. The molecule has 6 heteroatoms. The molecule has 4 N–H and O–H groups in total. The van der Waals surface area contributed by atoms with Gasteiger partial charge in [-0.05, 0) is 37.1 Å². The fraction of sp³-hybridized carbons (Fsp3) is 0.304. The average Bonchev–Trinajstić information content (AvgIpc) is 2.71. The highest BCUT2D eigenvalue weighted by molar-refractivity contribution is 5.79. The van der Waals surface area contributed by atoms with Crippen LogP contribution in [-0.2, 0) is 11.2 Å². The maximum Gasteiger partial charge on any atom is 0.220 e. The summed E-state index contributed by atoms with van der Waals surface area (Å²) in [7, 11) is 0. The summed E-state index contributed by atoms with van der Waals surface area (Å²) in [6, 6.07) is 13.4. The van der Waals surface area contributed by atoms with Crippen LogP contribution in [0.1, 0.15) is 42.6 Å². The summed E-state index contributed by atoms with van der Waals surface area (Å²) < 4.78 is 19.9. The molecular formula is C23H25FN2O3. The van der Waals surface area contributed by atoms with E-state index in [9.17, 15) is 14.0 Å². The molecule has 5 nitrogen and oxygen atoms in total. The van der Waals surface area contributed by atoms with Gasteiger partial charge in [-0.25, -0.2) is 4.39 Å². The van der Waals surface area contributed by atoms with Crippen molar-refractivity contribution in [3.05, 3.63) is 81.5 Å². The highest BCUT2D eigenvalue weighted by Crippen LogP contribution is 2.33. The second kappa shape index (κ2) is 9.01. The highest BCUT2D eigenvalue weighted by atomic mass is 19.1. The van der Waals surface area contributed by atoms with Gasteiger partial charge < -0.3 is 15.9 Å². The van der Waals surface area contributed by atoms with Crippen LogP contribution in [0, 0.1) is 11.7 Å². The Hall–Kier alpha value is -2.99. The van der Waals surface area contributed by atoms with Crippen LogP contribution in [0.3, 0.4) is 0 Å². The zero-order valence-corrected chi connectivity index (χ0v) is 16.4. The van der Waals surface area contributed by atoms with Crippen molar-refractivity contribution in [3.8, 4) is 0 Å². The Bertz CT molecular complexity index is 1060. The van der Waals surface area contributed by atoms with Gasteiger partial charge in [0.05, 0.1) is 5.39 Å². The van der Waals surface area contributed by atoms with E-state index in [1.807, 2.05) is 30.3 Å². The molecule has 2 aromatic carbocycles. The summed E-state index contributed by atoms with van der Waals surface area (Å²) in [6.45, 7) is 2.15. The fourth-order valence-electron chi connectivity index (χ4n) is 3.63. The van der Waals surface area contributed by atoms with E-state index in [2.05, 4.69) is 0 Å². The minimum Gasteiger partial charge on any atom is -0.460 e. The summed E-state index contributed by atoms with van der Waals surface area (Å²) in [5.41, 5.74) is 12.6. The second-order valence-corrected chi connectivity index (χ2v) is 7.31. The molecule has 0 aliphatic carbocycles. The minimum absolute atomic E-state index is 0.163. The number of fused-ring (bicyclic) bond motifs is 1. The van der Waals surface area contributed by atoms with Crippen LogP contribution >= 0.6 is 0 Å². The van der Waals surface area contributed by atoms with E-state index in [1.54, 1.807) is 6.92 Å². The molecule has 0 radical (unpaired) electrons. The zero-order chi connectivity index (χ0) is 21.0. The lowest BCUT2D eigenvalue weighted by Crippen LogP contribution is -2.29. The molecule has 0 saturated heterocycles. The monoisotopic (exact) mass is 396 g/mol. The van der Waals surface area contributed by atoms with Crippen LogP contribution in [-0.4, -0.2) is 12.5 Å². The van der Waals surface area contributed by atoms with Gasteiger partial charge in [-0.1, -0.05) is 37.3 Å². The van der Waals surface area contributed by atoms with Crippen molar-refractivity contribution in [2.75, 3.05) is 6.54 Å². The number of primary amides is 1. The van der Waals surface area contributed by atoms with Crippen molar-refractivity contribution < 1.29 is 13.6 Å². The first-order chi connectivity index (χ1) is 13.9. The van der Waals surface area contributed by atoms with Crippen LogP contribution in [0.5, 0.6) is 0 Å². The third-order valence-electron chi connectivity index (χ3n) is 5.31. The Morgan fingerprint density at radius 2 is 1.90 bits per heavy atom. The number of benzene rings is 2. The Morgan fingerprint density at radius 1 is 1.17 bits per heavy atom. The van der Waals surface area contributed by atoms with Crippen LogP contribution < -0.4 is 16.9 Å². The van der Waals surface area contributed by atoms with Gasteiger partial charge in [-0.2, -0.15) is 0 Å². The van der Waals surface area contributed by atoms with Crippen molar-refractivity contribution >= 4 is 16.9 Å². The Balaban J connectivity index is 2.24.